The molecule has 0 aromatic carbocycles. The minimum Gasteiger partial charge on any atom is -0.380 e. The second-order valence-corrected chi connectivity index (χ2v) is 5.58. The van der Waals surface area contributed by atoms with Crippen LogP contribution in [-0.4, -0.2) is 25.8 Å². The highest BCUT2D eigenvalue weighted by Crippen LogP contribution is 2.35. The van der Waals surface area contributed by atoms with Crippen molar-refractivity contribution in [2.24, 2.45) is 17.8 Å². The summed E-state index contributed by atoms with van der Waals surface area (Å²) in [5, 5.41) is 3.65. The first-order valence-electron chi connectivity index (χ1n) is 6.58. The molecule has 88 valence electrons. The molecule has 0 saturated heterocycles. The van der Waals surface area contributed by atoms with E-state index in [9.17, 15) is 0 Å². The molecule has 0 amide bonds. The molecule has 2 aliphatic rings. The minimum atomic E-state index is 0.731. The van der Waals surface area contributed by atoms with E-state index in [4.69, 9.17) is 4.74 Å². The summed E-state index contributed by atoms with van der Waals surface area (Å²) in [6.07, 6.45) is 5.64. The van der Waals surface area contributed by atoms with Crippen LogP contribution in [0.1, 0.15) is 39.5 Å². The molecule has 2 rings (SSSR count). The molecule has 0 radical (unpaired) electrons. The van der Waals surface area contributed by atoms with Gasteiger partial charge in [-0.05, 0) is 43.4 Å². The fourth-order valence-electron chi connectivity index (χ4n) is 2.23. The summed E-state index contributed by atoms with van der Waals surface area (Å²) < 4.78 is 5.63. The molecule has 2 nitrogen and oxygen atoms in total. The van der Waals surface area contributed by atoms with E-state index in [1.54, 1.807) is 0 Å². The second-order valence-electron chi connectivity index (χ2n) is 5.58. The molecule has 2 fully saturated rings. The summed E-state index contributed by atoms with van der Waals surface area (Å²) in [5.74, 6) is 2.61. The average Bonchev–Trinajstić information content (AvgIpc) is 3.00. The van der Waals surface area contributed by atoms with Crippen LogP contribution in [0.25, 0.3) is 0 Å². The molecular weight excluding hydrogens is 186 g/mol. The van der Waals surface area contributed by atoms with E-state index in [0.29, 0.717) is 0 Å². The molecule has 2 saturated carbocycles. The van der Waals surface area contributed by atoms with E-state index in [2.05, 4.69) is 19.2 Å². The minimum absolute atomic E-state index is 0.731. The highest BCUT2D eigenvalue weighted by atomic mass is 16.5. The van der Waals surface area contributed by atoms with Gasteiger partial charge in [-0.2, -0.15) is 0 Å². The lowest BCUT2D eigenvalue weighted by atomic mass is 10.00. The lowest BCUT2D eigenvalue weighted by molar-refractivity contribution is 0.121. The van der Waals surface area contributed by atoms with E-state index in [1.807, 2.05) is 0 Å². The molecule has 0 aromatic heterocycles. The maximum atomic E-state index is 5.63. The van der Waals surface area contributed by atoms with Crippen molar-refractivity contribution in [3.05, 3.63) is 0 Å². The lowest BCUT2D eigenvalue weighted by Gasteiger charge is -2.22. The predicted molar refractivity (Wildman–Crippen MR) is 62.9 cm³/mol. The van der Waals surface area contributed by atoms with Crippen LogP contribution in [0.2, 0.25) is 0 Å². The van der Waals surface area contributed by atoms with Crippen LogP contribution in [0.15, 0.2) is 0 Å². The third-order valence-electron chi connectivity index (χ3n) is 3.53. The van der Waals surface area contributed by atoms with Gasteiger partial charge in [-0.3, -0.25) is 0 Å². The number of ether oxygens (including phenoxy) is 1. The topological polar surface area (TPSA) is 21.3 Å². The van der Waals surface area contributed by atoms with E-state index < -0.39 is 0 Å². The Balaban J connectivity index is 1.50. The Morgan fingerprint density at radius 1 is 1.20 bits per heavy atom. The van der Waals surface area contributed by atoms with Gasteiger partial charge in [0.25, 0.3) is 0 Å². The summed E-state index contributed by atoms with van der Waals surface area (Å²) in [6, 6.07) is 0.731. The van der Waals surface area contributed by atoms with Crippen molar-refractivity contribution in [2.75, 3.05) is 19.8 Å². The summed E-state index contributed by atoms with van der Waals surface area (Å²) in [7, 11) is 0. The third kappa shape index (κ3) is 4.12. The molecule has 0 aromatic rings. The van der Waals surface area contributed by atoms with Crippen molar-refractivity contribution >= 4 is 0 Å². The van der Waals surface area contributed by atoms with Gasteiger partial charge in [-0.1, -0.05) is 13.8 Å². The second kappa shape index (κ2) is 5.31. The Labute approximate surface area is 93.8 Å². The molecular formula is C13H25NO. The van der Waals surface area contributed by atoms with E-state index in [1.165, 1.54) is 25.7 Å². The Hall–Kier alpha value is -0.0800. The fraction of sp³-hybridized carbons (Fsp3) is 1.00. The van der Waals surface area contributed by atoms with Crippen molar-refractivity contribution in [1.82, 2.24) is 5.32 Å². The first kappa shape index (κ1) is 11.4. The first-order valence-corrected chi connectivity index (χ1v) is 6.58. The maximum Gasteiger partial charge on any atom is 0.0591 e. The monoisotopic (exact) mass is 211 g/mol. The van der Waals surface area contributed by atoms with E-state index >= 15 is 0 Å². The molecule has 15 heavy (non-hydrogen) atoms. The molecule has 1 N–H and O–H groups in total. The number of rotatable bonds is 8. The van der Waals surface area contributed by atoms with Gasteiger partial charge in [0.2, 0.25) is 0 Å². The smallest absolute Gasteiger partial charge is 0.0591 e. The van der Waals surface area contributed by atoms with Crippen molar-refractivity contribution in [3.8, 4) is 0 Å². The zero-order valence-corrected chi connectivity index (χ0v) is 10.2. The van der Waals surface area contributed by atoms with Crippen LogP contribution in [0, 0.1) is 17.8 Å². The molecule has 0 bridgehead atoms. The van der Waals surface area contributed by atoms with Gasteiger partial charge >= 0.3 is 0 Å². The van der Waals surface area contributed by atoms with Crippen LogP contribution in [0.4, 0.5) is 0 Å². The summed E-state index contributed by atoms with van der Waals surface area (Å²) in [6.45, 7) is 7.57. The normalized spacial score (nSPS) is 23.4. The molecule has 0 aliphatic heterocycles. The Kier molecular flexibility index (Phi) is 4.04. The maximum absolute atomic E-state index is 5.63. The van der Waals surface area contributed by atoms with Gasteiger partial charge in [-0.25, -0.2) is 0 Å². The average molecular weight is 211 g/mol. The summed E-state index contributed by atoms with van der Waals surface area (Å²) >= 11 is 0. The standard InChI is InChI=1S/C13H25NO/c1-10(2)13(12-5-6-12)14-7-8-15-9-11-3-4-11/h10-14H,3-9H2,1-2H3. The van der Waals surface area contributed by atoms with Gasteiger partial charge in [0.05, 0.1) is 6.61 Å². The zero-order chi connectivity index (χ0) is 10.7. The van der Waals surface area contributed by atoms with Crippen LogP contribution in [-0.2, 0) is 4.74 Å². The van der Waals surface area contributed by atoms with Gasteiger partial charge in [0.15, 0.2) is 0 Å². The molecule has 1 unspecified atom stereocenters. The van der Waals surface area contributed by atoms with Crippen LogP contribution in [0.5, 0.6) is 0 Å². The number of nitrogens with one attached hydrogen (secondary N) is 1. The van der Waals surface area contributed by atoms with Gasteiger partial charge in [-0.15, -0.1) is 0 Å². The highest BCUT2D eigenvalue weighted by molar-refractivity contribution is 4.88. The van der Waals surface area contributed by atoms with Crippen LogP contribution < -0.4 is 5.32 Å². The summed E-state index contributed by atoms with van der Waals surface area (Å²) in [5.41, 5.74) is 0. The Morgan fingerprint density at radius 2 is 1.93 bits per heavy atom. The molecule has 1 atom stereocenters. The SMILES string of the molecule is CC(C)C(NCCOCC1CC1)C1CC1. The lowest BCUT2D eigenvalue weighted by Crippen LogP contribution is -2.37. The molecule has 0 spiro atoms. The van der Waals surface area contributed by atoms with Crippen LogP contribution >= 0.6 is 0 Å². The number of hydrogen-bond acceptors (Lipinski definition) is 2. The quantitative estimate of drug-likeness (QED) is 0.623. The van der Waals surface area contributed by atoms with E-state index in [-0.39, 0.29) is 0 Å². The first-order chi connectivity index (χ1) is 7.27. The van der Waals surface area contributed by atoms with Gasteiger partial charge < -0.3 is 10.1 Å². The molecule has 0 heterocycles. The fourth-order valence-corrected chi connectivity index (χ4v) is 2.23. The number of hydrogen-bond donors (Lipinski definition) is 1. The molecule has 2 heteroatoms. The summed E-state index contributed by atoms with van der Waals surface area (Å²) in [4.78, 5) is 0. The van der Waals surface area contributed by atoms with Crippen molar-refractivity contribution in [3.63, 3.8) is 0 Å². The van der Waals surface area contributed by atoms with Crippen molar-refractivity contribution < 1.29 is 4.74 Å². The predicted octanol–water partition coefficient (Wildman–Crippen LogP) is 2.44. The third-order valence-corrected chi connectivity index (χ3v) is 3.53. The Morgan fingerprint density at radius 3 is 2.47 bits per heavy atom. The highest BCUT2D eigenvalue weighted by Gasteiger charge is 2.32. The van der Waals surface area contributed by atoms with Gasteiger partial charge in [0, 0.05) is 19.2 Å². The molecule has 2 aliphatic carbocycles. The van der Waals surface area contributed by atoms with E-state index in [0.717, 1.165) is 43.6 Å². The van der Waals surface area contributed by atoms with Gasteiger partial charge in [0.1, 0.15) is 0 Å². The van der Waals surface area contributed by atoms with Crippen molar-refractivity contribution in [1.29, 1.82) is 0 Å². The van der Waals surface area contributed by atoms with Crippen molar-refractivity contribution in [2.45, 2.75) is 45.6 Å². The zero-order valence-electron chi connectivity index (χ0n) is 10.2. The van der Waals surface area contributed by atoms with Crippen LogP contribution in [0.3, 0.4) is 0 Å². The Bertz CT molecular complexity index is 183. The largest absolute Gasteiger partial charge is 0.380 e.